The summed E-state index contributed by atoms with van der Waals surface area (Å²) in [5.41, 5.74) is 4.55. The van der Waals surface area contributed by atoms with E-state index in [-0.39, 0.29) is 30.3 Å². The Kier molecular flexibility index (Phi) is 5.93. The maximum atomic E-state index is 12.4. The van der Waals surface area contributed by atoms with Crippen molar-refractivity contribution < 1.29 is 24.2 Å². The molecule has 7 heteroatoms. The first-order valence-electron chi connectivity index (χ1n) is 10.6. The molecule has 2 aliphatic rings. The standard InChI is InChI=1S/C24H26N2O5/c1-2-21(22(27)25-12-14-11-19(14)23(28)29)26-24(30)31-13-20-17-9-5-3-7-15(17)16-8-4-6-10-18(16)20/h3-10,14,19-21H,2,11-13H2,1H3,(H,25,27)(H,26,30)(H,28,29)/t14-,19-,21+/m1/s1. The molecular weight excluding hydrogens is 396 g/mol. The molecule has 0 heterocycles. The Bertz CT molecular complexity index is 959. The lowest BCUT2D eigenvalue weighted by molar-refractivity contribution is -0.139. The zero-order valence-electron chi connectivity index (χ0n) is 17.3. The Morgan fingerprint density at radius 1 is 1.06 bits per heavy atom. The Morgan fingerprint density at radius 2 is 1.68 bits per heavy atom. The van der Waals surface area contributed by atoms with Crippen molar-refractivity contribution in [3.8, 4) is 11.1 Å². The van der Waals surface area contributed by atoms with Gasteiger partial charge in [-0.05, 0) is 41.0 Å². The van der Waals surface area contributed by atoms with Gasteiger partial charge in [0.15, 0.2) is 0 Å². The van der Waals surface area contributed by atoms with E-state index in [4.69, 9.17) is 9.84 Å². The van der Waals surface area contributed by atoms with Crippen molar-refractivity contribution >= 4 is 18.0 Å². The first-order valence-corrected chi connectivity index (χ1v) is 10.6. The fraction of sp³-hybridized carbons (Fsp3) is 0.375. The second kappa shape index (κ2) is 8.79. The van der Waals surface area contributed by atoms with Gasteiger partial charge in [-0.1, -0.05) is 55.5 Å². The minimum atomic E-state index is -0.831. The molecule has 3 N–H and O–H groups in total. The van der Waals surface area contributed by atoms with Gasteiger partial charge < -0.3 is 20.5 Å². The van der Waals surface area contributed by atoms with Crippen molar-refractivity contribution in [1.82, 2.24) is 10.6 Å². The number of carbonyl (C=O) groups excluding carboxylic acids is 2. The minimum Gasteiger partial charge on any atom is -0.481 e. The van der Waals surface area contributed by atoms with Crippen LogP contribution in [0.2, 0.25) is 0 Å². The van der Waals surface area contributed by atoms with Gasteiger partial charge in [0.1, 0.15) is 12.6 Å². The highest BCUT2D eigenvalue weighted by molar-refractivity contribution is 5.86. The maximum absolute atomic E-state index is 12.4. The summed E-state index contributed by atoms with van der Waals surface area (Å²) in [4.78, 5) is 35.7. The van der Waals surface area contributed by atoms with Crippen LogP contribution < -0.4 is 10.6 Å². The monoisotopic (exact) mass is 422 g/mol. The lowest BCUT2D eigenvalue weighted by atomic mass is 9.98. The number of carboxylic acids is 1. The summed E-state index contributed by atoms with van der Waals surface area (Å²) in [7, 11) is 0. The van der Waals surface area contributed by atoms with Crippen molar-refractivity contribution in [2.45, 2.75) is 31.7 Å². The van der Waals surface area contributed by atoms with E-state index in [1.165, 1.54) is 0 Å². The number of alkyl carbamates (subject to hydrolysis) is 1. The highest BCUT2D eigenvalue weighted by Crippen LogP contribution is 2.44. The van der Waals surface area contributed by atoms with E-state index in [0.29, 0.717) is 19.4 Å². The highest BCUT2D eigenvalue weighted by atomic mass is 16.5. The van der Waals surface area contributed by atoms with E-state index in [9.17, 15) is 14.4 Å². The van der Waals surface area contributed by atoms with Gasteiger partial charge in [-0.2, -0.15) is 0 Å². The number of amides is 2. The SMILES string of the molecule is CC[C@H](NC(=O)OCC1c2ccccc2-c2ccccc21)C(=O)NC[C@H]1C[C@H]1C(=O)O. The van der Waals surface area contributed by atoms with Gasteiger partial charge in [0.2, 0.25) is 5.91 Å². The van der Waals surface area contributed by atoms with Crippen LogP contribution in [0, 0.1) is 11.8 Å². The zero-order valence-corrected chi connectivity index (χ0v) is 17.3. The molecule has 7 nitrogen and oxygen atoms in total. The van der Waals surface area contributed by atoms with Gasteiger partial charge in [-0.25, -0.2) is 4.79 Å². The Labute approximate surface area is 180 Å². The van der Waals surface area contributed by atoms with Gasteiger partial charge in [-0.3, -0.25) is 9.59 Å². The third-order valence-corrected chi connectivity index (χ3v) is 6.14. The lowest BCUT2D eigenvalue weighted by Gasteiger charge is -2.18. The van der Waals surface area contributed by atoms with E-state index in [2.05, 4.69) is 22.8 Å². The van der Waals surface area contributed by atoms with Crippen LogP contribution >= 0.6 is 0 Å². The quantitative estimate of drug-likeness (QED) is 0.606. The van der Waals surface area contributed by atoms with Crippen LogP contribution in [0.25, 0.3) is 11.1 Å². The number of aliphatic carboxylic acids is 1. The maximum Gasteiger partial charge on any atom is 0.407 e. The van der Waals surface area contributed by atoms with Crippen LogP contribution in [0.3, 0.4) is 0 Å². The summed E-state index contributed by atoms with van der Waals surface area (Å²) in [6.45, 7) is 2.28. The molecule has 0 aliphatic heterocycles. The molecule has 1 saturated carbocycles. The van der Waals surface area contributed by atoms with Gasteiger partial charge in [0, 0.05) is 12.5 Å². The molecule has 0 aromatic heterocycles. The number of carbonyl (C=O) groups is 3. The third-order valence-electron chi connectivity index (χ3n) is 6.14. The molecule has 0 unspecified atom stereocenters. The number of nitrogens with one attached hydrogen (secondary N) is 2. The first kappa shape index (κ1) is 20.9. The fourth-order valence-corrected chi connectivity index (χ4v) is 4.27. The van der Waals surface area contributed by atoms with Gasteiger partial charge >= 0.3 is 12.1 Å². The number of rotatable bonds is 8. The second-order valence-electron chi connectivity index (χ2n) is 8.12. The number of benzene rings is 2. The van der Waals surface area contributed by atoms with Crippen molar-refractivity contribution in [3.05, 3.63) is 59.7 Å². The van der Waals surface area contributed by atoms with E-state index in [1.807, 2.05) is 36.4 Å². The first-order chi connectivity index (χ1) is 15.0. The average molecular weight is 422 g/mol. The van der Waals surface area contributed by atoms with Crippen LogP contribution in [0.4, 0.5) is 4.79 Å². The molecular formula is C24H26N2O5. The summed E-state index contributed by atoms with van der Waals surface area (Å²) >= 11 is 0. The second-order valence-corrected chi connectivity index (χ2v) is 8.12. The summed E-state index contributed by atoms with van der Waals surface area (Å²) in [6.07, 6.45) is 0.341. The molecule has 0 saturated heterocycles. The zero-order chi connectivity index (χ0) is 22.0. The number of ether oxygens (including phenoxy) is 1. The van der Waals surface area contributed by atoms with E-state index < -0.39 is 18.1 Å². The Hall–Kier alpha value is -3.35. The molecule has 2 aliphatic carbocycles. The molecule has 162 valence electrons. The molecule has 2 amide bonds. The van der Waals surface area contributed by atoms with Gasteiger partial charge in [0.05, 0.1) is 5.92 Å². The number of hydrogen-bond acceptors (Lipinski definition) is 4. The molecule has 0 spiro atoms. The molecule has 0 radical (unpaired) electrons. The molecule has 3 atom stereocenters. The fourth-order valence-electron chi connectivity index (χ4n) is 4.27. The third kappa shape index (κ3) is 4.40. The number of carboxylic acid groups (broad SMARTS) is 1. The van der Waals surface area contributed by atoms with Crippen LogP contribution in [0.15, 0.2) is 48.5 Å². The van der Waals surface area contributed by atoms with Crippen LogP contribution in [0.5, 0.6) is 0 Å². The normalized spacial score (nSPS) is 19.6. The van der Waals surface area contributed by atoms with Crippen molar-refractivity contribution in [3.63, 3.8) is 0 Å². The smallest absolute Gasteiger partial charge is 0.407 e. The highest BCUT2D eigenvalue weighted by Gasteiger charge is 2.43. The Balaban J connectivity index is 1.31. The average Bonchev–Trinajstić information content (AvgIpc) is 3.50. The van der Waals surface area contributed by atoms with Crippen molar-refractivity contribution in [1.29, 1.82) is 0 Å². The van der Waals surface area contributed by atoms with Crippen LogP contribution in [-0.4, -0.2) is 42.3 Å². The molecule has 2 aromatic carbocycles. The molecule has 31 heavy (non-hydrogen) atoms. The molecule has 1 fully saturated rings. The molecule has 0 bridgehead atoms. The lowest BCUT2D eigenvalue weighted by Crippen LogP contribution is -2.47. The number of hydrogen-bond donors (Lipinski definition) is 3. The Morgan fingerprint density at radius 3 is 2.23 bits per heavy atom. The van der Waals surface area contributed by atoms with E-state index >= 15 is 0 Å². The summed E-state index contributed by atoms with van der Waals surface area (Å²) in [5.74, 6) is -1.62. The van der Waals surface area contributed by atoms with Gasteiger partial charge in [0.25, 0.3) is 0 Å². The topological polar surface area (TPSA) is 105 Å². The van der Waals surface area contributed by atoms with E-state index in [1.54, 1.807) is 6.92 Å². The van der Waals surface area contributed by atoms with Crippen LogP contribution in [-0.2, 0) is 14.3 Å². The van der Waals surface area contributed by atoms with Crippen molar-refractivity contribution in [2.24, 2.45) is 11.8 Å². The minimum absolute atomic E-state index is 0.0339. The van der Waals surface area contributed by atoms with E-state index in [0.717, 1.165) is 22.3 Å². The summed E-state index contributed by atoms with van der Waals surface area (Å²) < 4.78 is 5.50. The summed E-state index contributed by atoms with van der Waals surface area (Å²) in [6, 6.07) is 15.5. The van der Waals surface area contributed by atoms with Crippen molar-refractivity contribution in [2.75, 3.05) is 13.2 Å². The van der Waals surface area contributed by atoms with Crippen LogP contribution in [0.1, 0.15) is 36.8 Å². The van der Waals surface area contributed by atoms with Gasteiger partial charge in [-0.15, -0.1) is 0 Å². The molecule has 2 aromatic rings. The summed E-state index contributed by atoms with van der Waals surface area (Å²) in [5, 5.41) is 14.3. The predicted molar refractivity (Wildman–Crippen MR) is 115 cm³/mol. The number of fused-ring (bicyclic) bond motifs is 3. The molecule has 4 rings (SSSR count). The largest absolute Gasteiger partial charge is 0.481 e. The predicted octanol–water partition coefficient (Wildman–Crippen LogP) is 3.14.